The number of ether oxygens (including phenoxy) is 2. The van der Waals surface area contributed by atoms with Crippen LogP contribution in [0.15, 0.2) is 114 Å². The molecule has 0 saturated heterocycles. The summed E-state index contributed by atoms with van der Waals surface area (Å²) in [5.41, 5.74) is 2.18. The molecule has 1 amide bonds. The predicted octanol–water partition coefficient (Wildman–Crippen LogP) is 5.83. The molecule has 4 aromatic rings. The zero-order chi connectivity index (χ0) is 24.6. The zero-order valence-corrected chi connectivity index (χ0v) is 19.2. The van der Waals surface area contributed by atoms with Crippen LogP contribution in [0.5, 0.6) is 17.2 Å². The molecule has 0 fully saturated rings. The lowest BCUT2D eigenvalue weighted by molar-refractivity contribution is -0.132. The van der Waals surface area contributed by atoms with E-state index in [4.69, 9.17) is 13.9 Å². The molecule has 0 spiro atoms. The zero-order valence-electron chi connectivity index (χ0n) is 19.2. The topological polar surface area (TPSA) is 69.0 Å². The fraction of sp³-hybridized carbons (Fsp3) is 0.103. The fourth-order valence-electron chi connectivity index (χ4n) is 3.55. The number of hydrogen-bond acceptors (Lipinski definition) is 5. The number of carbonyl (C=O) groups excluding carboxylic acids is 1. The van der Waals surface area contributed by atoms with E-state index >= 15 is 0 Å². The van der Waals surface area contributed by atoms with Crippen LogP contribution < -0.4 is 14.9 Å². The quantitative estimate of drug-likeness (QED) is 0.275. The van der Waals surface area contributed by atoms with Gasteiger partial charge in [0, 0.05) is 19.2 Å². The molecule has 6 nitrogen and oxygen atoms in total. The van der Waals surface area contributed by atoms with Crippen LogP contribution in [-0.2, 0) is 4.79 Å². The Balaban J connectivity index is 1.46. The summed E-state index contributed by atoms with van der Waals surface area (Å²) in [6, 6.07) is 22.3. The maximum atomic E-state index is 12.9. The van der Waals surface area contributed by atoms with Gasteiger partial charge in [-0.3, -0.25) is 9.59 Å². The smallest absolute Gasteiger partial charge is 0.261 e. The van der Waals surface area contributed by atoms with Gasteiger partial charge in [0.05, 0.1) is 5.39 Å². The molecule has 4 rings (SSSR count). The first-order valence-corrected chi connectivity index (χ1v) is 11.1. The van der Waals surface area contributed by atoms with Crippen molar-refractivity contribution in [2.45, 2.75) is 0 Å². The summed E-state index contributed by atoms with van der Waals surface area (Å²) in [4.78, 5) is 26.8. The van der Waals surface area contributed by atoms with Crippen LogP contribution in [0.4, 0.5) is 0 Å². The highest BCUT2D eigenvalue weighted by atomic mass is 16.5. The second-order valence-electron chi connectivity index (χ2n) is 7.74. The van der Waals surface area contributed by atoms with E-state index in [1.807, 2.05) is 54.6 Å². The second-order valence-corrected chi connectivity index (χ2v) is 7.74. The molecule has 0 bridgehead atoms. The van der Waals surface area contributed by atoms with Crippen molar-refractivity contribution in [2.24, 2.45) is 0 Å². The Morgan fingerprint density at radius 1 is 0.886 bits per heavy atom. The molecular formula is C29H25NO5. The fourth-order valence-corrected chi connectivity index (χ4v) is 3.55. The maximum Gasteiger partial charge on any atom is 0.261 e. The van der Waals surface area contributed by atoms with E-state index in [0.717, 1.165) is 11.1 Å². The molecule has 176 valence electrons. The molecule has 0 aliphatic rings. The summed E-state index contributed by atoms with van der Waals surface area (Å²) in [7, 11) is 0. The van der Waals surface area contributed by atoms with E-state index in [2.05, 4.69) is 13.2 Å². The summed E-state index contributed by atoms with van der Waals surface area (Å²) in [6.45, 7) is 7.96. The lowest BCUT2D eigenvalue weighted by atomic mass is 10.1. The van der Waals surface area contributed by atoms with Crippen LogP contribution in [0.25, 0.3) is 22.1 Å². The van der Waals surface area contributed by atoms with Gasteiger partial charge in [-0.15, -0.1) is 13.2 Å². The molecule has 3 aromatic carbocycles. The van der Waals surface area contributed by atoms with Gasteiger partial charge in [-0.1, -0.05) is 54.6 Å². The molecule has 1 aromatic heterocycles. The Kier molecular flexibility index (Phi) is 7.43. The van der Waals surface area contributed by atoms with Gasteiger partial charge in [0.25, 0.3) is 5.91 Å². The van der Waals surface area contributed by atoms with Crippen molar-refractivity contribution in [1.29, 1.82) is 0 Å². The van der Waals surface area contributed by atoms with Gasteiger partial charge in [0.1, 0.15) is 23.3 Å². The average molecular weight is 468 g/mol. The summed E-state index contributed by atoms with van der Waals surface area (Å²) in [6.07, 6.45) is 4.56. The molecule has 0 aliphatic carbocycles. The van der Waals surface area contributed by atoms with Crippen molar-refractivity contribution >= 4 is 16.9 Å². The molecule has 0 unspecified atom stereocenters. The van der Waals surface area contributed by atoms with Crippen molar-refractivity contribution in [3.63, 3.8) is 0 Å². The third-order valence-corrected chi connectivity index (χ3v) is 5.32. The number of carbonyl (C=O) groups is 1. The summed E-state index contributed by atoms with van der Waals surface area (Å²) < 4.78 is 17.0. The van der Waals surface area contributed by atoms with Gasteiger partial charge in [-0.2, -0.15) is 0 Å². The lowest BCUT2D eigenvalue weighted by Gasteiger charge is -2.19. The summed E-state index contributed by atoms with van der Waals surface area (Å²) in [5.74, 6) is 0.821. The third kappa shape index (κ3) is 5.68. The largest absolute Gasteiger partial charge is 0.484 e. The van der Waals surface area contributed by atoms with E-state index in [1.54, 1.807) is 35.3 Å². The van der Waals surface area contributed by atoms with Crippen LogP contribution in [0, 0.1) is 0 Å². The lowest BCUT2D eigenvalue weighted by Crippen LogP contribution is -2.35. The Bertz CT molecular complexity index is 1380. The minimum absolute atomic E-state index is 0.0818. The normalized spacial score (nSPS) is 10.5. The predicted molar refractivity (Wildman–Crippen MR) is 137 cm³/mol. The van der Waals surface area contributed by atoms with Crippen LogP contribution in [0.3, 0.4) is 0 Å². The standard InChI is InChI=1S/C29H25NO5/c1-3-16-30(17-4-2)28(31)20-33-24-14-15-25-26(18-24)34-19-27(29(25)32)35-23-12-10-22(11-13-23)21-8-6-5-7-9-21/h3-15,18-19H,1-2,16-17,20H2. The van der Waals surface area contributed by atoms with E-state index in [0.29, 0.717) is 35.6 Å². The molecule has 35 heavy (non-hydrogen) atoms. The average Bonchev–Trinajstić information content (AvgIpc) is 2.89. The van der Waals surface area contributed by atoms with Crippen LogP contribution in [-0.4, -0.2) is 30.5 Å². The van der Waals surface area contributed by atoms with Gasteiger partial charge in [-0.05, 0) is 35.4 Å². The van der Waals surface area contributed by atoms with Crippen molar-refractivity contribution in [3.8, 4) is 28.4 Å². The van der Waals surface area contributed by atoms with E-state index in [1.165, 1.54) is 6.26 Å². The van der Waals surface area contributed by atoms with Crippen molar-refractivity contribution in [1.82, 2.24) is 4.90 Å². The highest BCUT2D eigenvalue weighted by Gasteiger charge is 2.14. The number of nitrogens with zero attached hydrogens (tertiary/aromatic N) is 1. The van der Waals surface area contributed by atoms with E-state index in [9.17, 15) is 9.59 Å². The monoisotopic (exact) mass is 467 g/mol. The summed E-state index contributed by atoms with van der Waals surface area (Å²) in [5, 5.41) is 0.349. The molecule has 0 atom stereocenters. The van der Waals surface area contributed by atoms with E-state index in [-0.39, 0.29) is 23.7 Å². The van der Waals surface area contributed by atoms with Crippen LogP contribution in [0.2, 0.25) is 0 Å². The Labute approximate surface area is 203 Å². The van der Waals surface area contributed by atoms with Gasteiger partial charge < -0.3 is 18.8 Å². The minimum atomic E-state index is -0.302. The summed E-state index contributed by atoms with van der Waals surface area (Å²) >= 11 is 0. The third-order valence-electron chi connectivity index (χ3n) is 5.32. The Morgan fingerprint density at radius 2 is 1.54 bits per heavy atom. The second kappa shape index (κ2) is 11.0. The Hall–Kier alpha value is -4.58. The molecule has 0 N–H and O–H groups in total. The number of rotatable bonds is 10. The SMILES string of the molecule is C=CCN(CC=C)C(=O)COc1ccc2c(=O)c(Oc3ccc(-c4ccccc4)cc3)coc2c1. The Morgan fingerprint density at radius 3 is 2.23 bits per heavy atom. The molecule has 1 heterocycles. The van der Waals surface area contributed by atoms with Gasteiger partial charge in [0.2, 0.25) is 11.2 Å². The molecule has 0 saturated carbocycles. The van der Waals surface area contributed by atoms with E-state index < -0.39 is 0 Å². The van der Waals surface area contributed by atoms with Gasteiger partial charge in [0.15, 0.2) is 6.61 Å². The van der Waals surface area contributed by atoms with Gasteiger partial charge >= 0.3 is 0 Å². The van der Waals surface area contributed by atoms with Crippen LogP contribution >= 0.6 is 0 Å². The van der Waals surface area contributed by atoms with Crippen molar-refractivity contribution < 1.29 is 18.7 Å². The van der Waals surface area contributed by atoms with Crippen molar-refractivity contribution in [2.75, 3.05) is 19.7 Å². The first kappa shape index (κ1) is 23.6. The van der Waals surface area contributed by atoms with Gasteiger partial charge in [-0.25, -0.2) is 0 Å². The number of hydrogen-bond donors (Lipinski definition) is 0. The molecular weight excluding hydrogens is 442 g/mol. The molecule has 0 aliphatic heterocycles. The van der Waals surface area contributed by atoms with Crippen LogP contribution in [0.1, 0.15) is 0 Å². The number of benzene rings is 3. The molecule has 6 heteroatoms. The first-order valence-electron chi connectivity index (χ1n) is 11.1. The highest BCUT2D eigenvalue weighted by Crippen LogP contribution is 2.26. The maximum absolute atomic E-state index is 12.9. The first-order chi connectivity index (χ1) is 17.1. The van der Waals surface area contributed by atoms with Crippen molar-refractivity contribution in [3.05, 3.63) is 115 Å². The number of fused-ring (bicyclic) bond motifs is 1. The molecule has 0 radical (unpaired) electrons. The number of amides is 1. The highest BCUT2D eigenvalue weighted by molar-refractivity contribution is 5.80. The minimum Gasteiger partial charge on any atom is -0.484 e.